The molecule has 0 atom stereocenters. The van der Waals surface area contributed by atoms with Crippen LogP contribution in [0.5, 0.6) is 5.88 Å². The van der Waals surface area contributed by atoms with E-state index in [-0.39, 0.29) is 16.7 Å². The summed E-state index contributed by atoms with van der Waals surface area (Å²) < 4.78 is 11.2. The maximum Gasteiger partial charge on any atom is 0.232 e. The summed E-state index contributed by atoms with van der Waals surface area (Å²) in [7, 11) is 1.64. The fraction of sp³-hybridized carbons (Fsp3) is 0.576. The van der Waals surface area contributed by atoms with Gasteiger partial charge in [0.25, 0.3) is 0 Å². The number of hydrogen-bond donors (Lipinski definition) is 0. The molecule has 40 heavy (non-hydrogen) atoms. The molecule has 5 aliphatic carbocycles. The number of anilines is 1. The molecule has 0 N–H and O–H groups in total. The summed E-state index contributed by atoms with van der Waals surface area (Å²) in [6.07, 6.45) is 16.2. The van der Waals surface area contributed by atoms with E-state index in [1.54, 1.807) is 13.3 Å². The molecular formula is C33H40N4O3. The molecule has 5 saturated carbocycles. The van der Waals surface area contributed by atoms with Crippen LogP contribution in [0.4, 0.5) is 5.69 Å². The zero-order valence-electron chi connectivity index (χ0n) is 23.6. The van der Waals surface area contributed by atoms with E-state index in [0.29, 0.717) is 17.7 Å². The summed E-state index contributed by atoms with van der Waals surface area (Å²) in [6, 6.07) is 12.4. The minimum absolute atomic E-state index is 0.0282. The fourth-order valence-corrected chi connectivity index (χ4v) is 7.53. The maximum absolute atomic E-state index is 14.2. The van der Waals surface area contributed by atoms with Gasteiger partial charge in [0.15, 0.2) is 5.82 Å². The molecule has 0 saturated heterocycles. The largest absolute Gasteiger partial charge is 0.481 e. The second kappa shape index (κ2) is 10.3. The average molecular weight is 541 g/mol. The zero-order valence-corrected chi connectivity index (χ0v) is 23.6. The van der Waals surface area contributed by atoms with E-state index in [1.165, 1.54) is 19.3 Å². The number of ether oxygens (including phenoxy) is 1. The van der Waals surface area contributed by atoms with Crippen molar-refractivity contribution in [1.29, 1.82) is 0 Å². The quantitative estimate of drug-likeness (QED) is 0.300. The first kappa shape index (κ1) is 25.7. The Morgan fingerprint density at radius 3 is 2.45 bits per heavy atom. The molecule has 7 heteroatoms. The van der Waals surface area contributed by atoms with Gasteiger partial charge in [-0.1, -0.05) is 36.6 Å². The van der Waals surface area contributed by atoms with Crippen LogP contribution in [-0.4, -0.2) is 34.7 Å². The lowest BCUT2D eigenvalue weighted by Gasteiger charge is -2.53. The Balaban J connectivity index is 1.15. The van der Waals surface area contributed by atoms with Crippen LogP contribution >= 0.6 is 0 Å². The Labute approximate surface area is 236 Å². The number of fused-ring (bicyclic) bond motifs is 3. The maximum atomic E-state index is 14.2. The van der Waals surface area contributed by atoms with Gasteiger partial charge in [0.2, 0.25) is 17.7 Å². The molecule has 0 spiro atoms. The average Bonchev–Trinajstić information content (AvgIpc) is 3.76. The highest BCUT2D eigenvalue weighted by Crippen LogP contribution is 2.58. The summed E-state index contributed by atoms with van der Waals surface area (Å²) in [5.41, 5.74) is 3.29. The van der Waals surface area contributed by atoms with Gasteiger partial charge in [-0.05, 0) is 98.9 Å². The van der Waals surface area contributed by atoms with Gasteiger partial charge in [0.1, 0.15) is 0 Å². The summed E-state index contributed by atoms with van der Waals surface area (Å²) in [5, 5.41) is 4.34. The molecule has 210 valence electrons. The van der Waals surface area contributed by atoms with Crippen LogP contribution in [0.1, 0.15) is 101 Å². The van der Waals surface area contributed by atoms with Crippen molar-refractivity contribution < 1.29 is 14.1 Å². The normalized spacial score (nSPS) is 26.5. The SMILES string of the molecule is COc1cc(-c2cccc(N(CC34CCC(c5nc(C6CC6)no5)(CC3)CC4)C(=O)C3CCCCC3)c2)ccn1. The van der Waals surface area contributed by atoms with Gasteiger partial charge in [-0.3, -0.25) is 4.79 Å². The van der Waals surface area contributed by atoms with Gasteiger partial charge in [-0.25, -0.2) is 4.98 Å². The van der Waals surface area contributed by atoms with Crippen LogP contribution in [0.25, 0.3) is 11.1 Å². The second-order valence-electron chi connectivity index (χ2n) is 12.9. The fourth-order valence-electron chi connectivity index (χ4n) is 7.53. The Kier molecular flexibility index (Phi) is 6.63. The van der Waals surface area contributed by atoms with E-state index < -0.39 is 0 Å². The number of nitrogens with zero attached hydrogens (tertiary/aromatic N) is 4. The van der Waals surface area contributed by atoms with Crippen LogP contribution in [0.2, 0.25) is 0 Å². The van der Waals surface area contributed by atoms with Gasteiger partial charge in [0, 0.05) is 41.7 Å². The second-order valence-corrected chi connectivity index (χ2v) is 12.9. The van der Waals surface area contributed by atoms with E-state index >= 15 is 0 Å². The Hall–Kier alpha value is -3.22. The summed E-state index contributed by atoms with van der Waals surface area (Å²) in [5.74, 6) is 3.34. The van der Waals surface area contributed by atoms with Gasteiger partial charge >= 0.3 is 0 Å². The van der Waals surface area contributed by atoms with E-state index in [4.69, 9.17) is 14.2 Å². The molecule has 0 radical (unpaired) electrons. The standard InChI is InChI=1S/C33H40N4O3/c1-39-28-21-26(12-19-34-28)25-8-5-9-27(20-25)37(30(38)24-6-3-2-4-7-24)22-32-13-16-33(17-14-32,18-15-32)31-35-29(36-40-31)23-10-11-23/h5,8-9,12,19-21,23-24H,2-4,6-7,10-11,13-18,22H2,1H3. The molecule has 2 heterocycles. The van der Waals surface area contributed by atoms with Crippen LogP contribution in [-0.2, 0) is 10.2 Å². The molecule has 1 aromatic carbocycles. The third-order valence-corrected chi connectivity index (χ3v) is 10.4. The number of carbonyl (C=O) groups is 1. The van der Waals surface area contributed by atoms with E-state index in [2.05, 4.69) is 39.3 Å². The van der Waals surface area contributed by atoms with Crippen molar-refractivity contribution in [3.63, 3.8) is 0 Å². The van der Waals surface area contributed by atoms with Gasteiger partial charge in [0.05, 0.1) is 7.11 Å². The first-order valence-electron chi connectivity index (χ1n) is 15.3. The Morgan fingerprint density at radius 2 is 1.73 bits per heavy atom. The molecule has 2 aromatic heterocycles. The van der Waals surface area contributed by atoms with E-state index in [9.17, 15) is 4.79 Å². The minimum Gasteiger partial charge on any atom is -0.481 e. The predicted octanol–water partition coefficient (Wildman–Crippen LogP) is 7.22. The van der Waals surface area contributed by atoms with Crippen molar-refractivity contribution in [2.75, 3.05) is 18.6 Å². The van der Waals surface area contributed by atoms with Crippen LogP contribution in [0.3, 0.4) is 0 Å². The first-order chi connectivity index (χ1) is 19.6. The molecular weight excluding hydrogens is 500 g/mol. The number of amides is 1. The highest BCUT2D eigenvalue weighted by Gasteiger charge is 2.53. The van der Waals surface area contributed by atoms with Crippen LogP contribution < -0.4 is 9.64 Å². The molecule has 3 aromatic rings. The highest BCUT2D eigenvalue weighted by atomic mass is 16.5. The molecule has 0 unspecified atom stereocenters. The molecule has 2 bridgehead atoms. The van der Waals surface area contributed by atoms with Crippen LogP contribution in [0, 0.1) is 11.3 Å². The monoisotopic (exact) mass is 540 g/mol. The van der Waals surface area contributed by atoms with Gasteiger partial charge in [-0.2, -0.15) is 4.98 Å². The smallest absolute Gasteiger partial charge is 0.232 e. The lowest BCUT2D eigenvalue weighted by Crippen LogP contribution is -2.51. The van der Waals surface area contributed by atoms with E-state index in [1.807, 2.05) is 12.1 Å². The third kappa shape index (κ3) is 4.82. The Bertz CT molecular complexity index is 1350. The number of hydrogen-bond acceptors (Lipinski definition) is 6. The number of methoxy groups -OCH3 is 1. The lowest BCUT2D eigenvalue weighted by atomic mass is 9.53. The zero-order chi connectivity index (χ0) is 27.2. The summed E-state index contributed by atoms with van der Waals surface area (Å²) >= 11 is 0. The predicted molar refractivity (Wildman–Crippen MR) is 153 cm³/mol. The summed E-state index contributed by atoms with van der Waals surface area (Å²) in [4.78, 5) is 25.5. The lowest BCUT2D eigenvalue weighted by molar-refractivity contribution is -0.124. The van der Waals surface area contributed by atoms with Gasteiger partial charge in [-0.15, -0.1) is 0 Å². The first-order valence-corrected chi connectivity index (χ1v) is 15.3. The molecule has 8 rings (SSSR count). The number of carbonyl (C=O) groups excluding carboxylic acids is 1. The van der Waals surface area contributed by atoms with Crippen LogP contribution in [0.15, 0.2) is 47.1 Å². The van der Waals surface area contributed by atoms with Crippen molar-refractivity contribution in [2.45, 2.75) is 94.8 Å². The van der Waals surface area contributed by atoms with Crippen molar-refractivity contribution in [1.82, 2.24) is 15.1 Å². The van der Waals surface area contributed by atoms with Crippen molar-refractivity contribution in [3.05, 3.63) is 54.3 Å². The van der Waals surface area contributed by atoms with Crippen molar-refractivity contribution in [3.8, 4) is 17.0 Å². The summed E-state index contributed by atoms with van der Waals surface area (Å²) in [6.45, 7) is 0.790. The number of aromatic nitrogens is 3. The molecule has 1 amide bonds. The van der Waals surface area contributed by atoms with Crippen molar-refractivity contribution >= 4 is 11.6 Å². The number of rotatable bonds is 8. The molecule has 5 aliphatic rings. The third-order valence-electron chi connectivity index (χ3n) is 10.4. The van der Waals surface area contributed by atoms with Crippen molar-refractivity contribution in [2.24, 2.45) is 11.3 Å². The highest BCUT2D eigenvalue weighted by molar-refractivity contribution is 5.96. The minimum atomic E-state index is 0.0282. The molecule has 0 aliphatic heterocycles. The van der Waals surface area contributed by atoms with E-state index in [0.717, 1.165) is 99.3 Å². The number of pyridine rings is 1. The molecule has 5 fully saturated rings. The Morgan fingerprint density at radius 1 is 0.975 bits per heavy atom. The molecule has 7 nitrogen and oxygen atoms in total. The topological polar surface area (TPSA) is 81.4 Å². The van der Waals surface area contributed by atoms with Gasteiger partial charge < -0.3 is 14.2 Å². The number of benzene rings is 1.